The number of alkyl halides is 3. The number of hydrogen-bond acceptors (Lipinski definition) is 6. The predicted molar refractivity (Wildman–Crippen MR) is 152 cm³/mol. The summed E-state index contributed by atoms with van der Waals surface area (Å²) in [7, 11) is 0. The topological polar surface area (TPSA) is 120 Å². The van der Waals surface area contributed by atoms with Crippen LogP contribution in [0.5, 0.6) is 0 Å². The Bertz CT molecular complexity index is 1650. The molecule has 0 bridgehead atoms. The van der Waals surface area contributed by atoms with E-state index in [9.17, 15) is 27.9 Å². The van der Waals surface area contributed by atoms with Crippen molar-refractivity contribution in [2.45, 2.75) is 38.4 Å². The Labute approximate surface area is 239 Å². The van der Waals surface area contributed by atoms with Crippen LogP contribution >= 0.6 is 0 Å². The number of carbonyl (C=O) groups is 2. The molecule has 0 radical (unpaired) electrons. The standard InChI is InChI=1S/C29H28N2O4.C2HF3O2/c1-18-14-23(19(2)30-25-11-7-6-10-22(25)29(33)34)28-24(15-18)26(32)16-27(35-28)31-13-12-21(17-31)20-8-4-3-5-9-20;3-2(4,5)1(6)7/h3-11,14-16,19,21,30H,12-13,17H2,1-2H3,(H,33,34);(H,6,7)/t19?,21-;/m0./s1. The minimum atomic E-state index is -5.08. The number of nitrogens with one attached hydrogen (secondary N) is 1. The third-order valence-corrected chi connectivity index (χ3v) is 7.00. The molecular weight excluding hydrogens is 553 g/mol. The maximum absolute atomic E-state index is 13.2. The highest BCUT2D eigenvalue weighted by molar-refractivity contribution is 5.94. The van der Waals surface area contributed by atoms with E-state index in [1.807, 2.05) is 32.0 Å². The van der Waals surface area contributed by atoms with Crippen LogP contribution in [0.1, 0.15) is 52.4 Å². The van der Waals surface area contributed by atoms with Gasteiger partial charge in [0.15, 0.2) is 11.3 Å². The summed E-state index contributed by atoms with van der Waals surface area (Å²) in [6.45, 7) is 5.49. The molecule has 11 heteroatoms. The van der Waals surface area contributed by atoms with E-state index in [2.05, 4.69) is 34.5 Å². The van der Waals surface area contributed by atoms with Gasteiger partial charge in [0, 0.05) is 36.3 Å². The SMILES string of the molecule is Cc1cc(C(C)Nc2ccccc2C(=O)O)c2oc(N3CC[C@H](c4ccccc4)C3)cc(=O)c2c1.O=C(O)C(F)(F)F. The number of halogens is 3. The van der Waals surface area contributed by atoms with Gasteiger partial charge in [0.05, 0.1) is 17.0 Å². The van der Waals surface area contributed by atoms with Crippen molar-refractivity contribution in [2.24, 2.45) is 0 Å². The number of aryl methyl sites for hydroxylation is 1. The molecule has 1 fully saturated rings. The van der Waals surface area contributed by atoms with Crippen LogP contribution in [0.25, 0.3) is 11.0 Å². The molecule has 4 aromatic rings. The fourth-order valence-electron chi connectivity index (χ4n) is 4.96. The Morgan fingerprint density at radius 3 is 2.31 bits per heavy atom. The average Bonchev–Trinajstić information content (AvgIpc) is 3.44. The Balaban J connectivity index is 0.000000517. The van der Waals surface area contributed by atoms with Crippen LogP contribution in [0.4, 0.5) is 24.7 Å². The average molecular weight is 583 g/mol. The van der Waals surface area contributed by atoms with Crippen LogP contribution in [-0.4, -0.2) is 41.4 Å². The van der Waals surface area contributed by atoms with Gasteiger partial charge in [0.25, 0.3) is 0 Å². The predicted octanol–water partition coefficient (Wildman–Crippen LogP) is 6.60. The number of aliphatic carboxylic acids is 1. The first-order valence-electron chi connectivity index (χ1n) is 13.1. The number of benzene rings is 3. The number of para-hydroxylation sites is 1. The smallest absolute Gasteiger partial charge is 0.478 e. The number of hydrogen-bond donors (Lipinski definition) is 3. The van der Waals surface area contributed by atoms with Crippen molar-refractivity contribution in [1.29, 1.82) is 0 Å². The highest BCUT2D eigenvalue weighted by Crippen LogP contribution is 2.34. The first kappa shape index (κ1) is 30.2. The van der Waals surface area contributed by atoms with E-state index in [4.69, 9.17) is 14.3 Å². The Morgan fingerprint density at radius 2 is 1.67 bits per heavy atom. The highest BCUT2D eigenvalue weighted by Gasteiger charge is 2.38. The lowest BCUT2D eigenvalue weighted by atomic mass is 9.99. The van der Waals surface area contributed by atoms with Crippen LogP contribution in [-0.2, 0) is 4.79 Å². The zero-order chi connectivity index (χ0) is 30.6. The minimum absolute atomic E-state index is 0.0764. The molecule has 1 aliphatic rings. The second-order valence-electron chi connectivity index (χ2n) is 10.0. The zero-order valence-corrected chi connectivity index (χ0v) is 22.8. The molecule has 3 aromatic carbocycles. The van der Waals surface area contributed by atoms with Crippen LogP contribution in [0.15, 0.2) is 82.0 Å². The van der Waals surface area contributed by atoms with Crippen molar-refractivity contribution in [1.82, 2.24) is 0 Å². The van der Waals surface area contributed by atoms with Crippen molar-refractivity contribution >= 4 is 34.5 Å². The largest absolute Gasteiger partial charge is 0.490 e. The van der Waals surface area contributed by atoms with Gasteiger partial charge in [-0.3, -0.25) is 4.79 Å². The maximum Gasteiger partial charge on any atom is 0.490 e. The van der Waals surface area contributed by atoms with Crippen molar-refractivity contribution in [2.75, 3.05) is 23.3 Å². The molecule has 2 heterocycles. The lowest BCUT2D eigenvalue weighted by molar-refractivity contribution is -0.192. The van der Waals surface area contributed by atoms with Crippen molar-refractivity contribution in [3.8, 4) is 0 Å². The molecule has 42 heavy (non-hydrogen) atoms. The summed E-state index contributed by atoms with van der Waals surface area (Å²) < 4.78 is 38.1. The fraction of sp³-hybridized carbons (Fsp3) is 0.258. The Morgan fingerprint density at radius 1 is 1.02 bits per heavy atom. The van der Waals surface area contributed by atoms with Crippen LogP contribution in [0, 0.1) is 6.92 Å². The third-order valence-electron chi connectivity index (χ3n) is 7.00. The number of fused-ring (bicyclic) bond motifs is 1. The number of rotatable bonds is 6. The molecule has 8 nitrogen and oxygen atoms in total. The summed E-state index contributed by atoms with van der Waals surface area (Å²) in [4.78, 5) is 35.9. The van der Waals surface area contributed by atoms with E-state index in [-0.39, 0.29) is 17.0 Å². The van der Waals surface area contributed by atoms with Crippen molar-refractivity contribution in [3.63, 3.8) is 0 Å². The summed E-state index contributed by atoms with van der Waals surface area (Å²) in [5, 5.41) is 20.5. The van der Waals surface area contributed by atoms with E-state index in [0.29, 0.717) is 28.5 Å². The van der Waals surface area contributed by atoms with E-state index < -0.39 is 18.1 Å². The number of carboxylic acids is 2. The zero-order valence-electron chi connectivity index (χ0n) is 22.8. The number of carboxylic acid groups (broad SMARTS) is 2. The first-order chi connectivity index (χ1) is 19.8. The van der Waals surface area contributed by atoms with Crippen molar-refractivity contribution < 1.29 is 37.4 Å². The molecule has 0 spiro atoms. The lowest BCUT2D eigenvalue weighted by Gasteiger charge is -2.21. The van der Waals surface area contributed by atoms with E-state index in [0.717, 1.165) is 30.6 Å². The summed E-state index contributed by atoms with van der Waals surface area (Å²) in [5.41, 5.74) is 4.23. The first-order valence-corrected chi connectivity index (χ1v) is 13.1. The summed E-state index contributed by atoms with van der Waals surface area (Å²) in [6.07, 6.45) is -4.09. The Kier molecular flexibility index (Phi) is 8.89. The van der Waals surface area contributed by atoms with Gasteiger partial charge in [-0.25, -0.2) is 9.59 Å². The molecule has 1 aromatic heterocycles. The molecule has 1 unspecified atom stereocenters. The van der Waals surface area contributed by atoms with E-state index in [1.165, 1.54) is 5.56 Å². The van der Waals surface area contributed by atoms with Gasteiger partial charge >= 0.3 is 18.1 Å². The second kappa shape index (κ2) is 12.4. The van der Waals surface area contributed by atoms with Gasteiger partial charge in [0.2, 0.25) is 0 Å². The monoisotopic (exact) mass is 582 g/mol. The van der Waals surface area contributed by atoms with E-state index in [1.54, 1.807) is 30.3 Å². The van der Waals surface area contributed by atoms with Crippen LogP contribution < -0.4 is 15.6 Å². The number of nitrogens with zero attached hydrogens (tertiary/aromatic N) is 1. The second-order valence-corrected chi connectivity index (χ2v) is 10.0. The minimum Gasteiger partial charge on any atom is -0.478 e. The Hall–Kier alpha value is -4.80. The van der Waals surface area contributed by atoms with Crippen molar-refractivity contribution in [3.05, 3.63) is 105 Å². The third kappa shape index (κ3) is 6.91. The molecule has 3 N–H and O–H groups in total. The highest BCUT2D eigenvalue weighted by atomic mass is 19.4. The lowest BCUT2D eigenvalue weighted by Crippen LogP contribution is -2.21. The fourth-order valence-corrected chi connectivity index (χ4v) is 4.96. The van der Waals surface area contributed by atoms with Gasteiger partial charge < -0.3 is 24.8 Å². The quantitative estimate of drug-likeness (QED) is 0.233. The van der Waals surface area contributed by atoms with E-state index >= 15 is 0 Å². The molecule has 0 aliphatic carbocycles. The van der Waals surface area contributed by atoms with Crippen LogP contribution in [0.2, 0.25) is 0 Å². The van der Waals surface area contributed by atoms with Gasteiger partial charge in [-0.05, 0) is 49.6 Å². The molecule has 1 saturated heterocycles. The molecule has 220 valence electrons. The van der Waals surface area contributed by atoms with Gasteiger partial charge in [0.1, 0.15) is 5.58 Å². The van der Waals surface area contributed by atoms with Gasteiger partial charge in [-0.15, -0.1) is 0 Å². The maximum atomic E-state index is 13.2. The molecule has 0 amide bonds. The number of aromatic carboxylic acids is 1. The normalized spacial score (nSPS) is 15.5. The summed E-state index contributed by atoms with van der Waals surface area (Å²) in [5.74, 6) is -2.79. The van der Waals surface area contributed by atoms with Crippen LogP contribution in [0.3, 0.4) is 0 Å². The summed E-state index contributed by atoms with van der Waals surface area (Å²) in [6, 6.07) is 22.4. The molecule has 0 saturated carbocycles. The summed E-state index contributed by atoms with van der Waals surface area (Å²) >= 11 is 0. The molecule has 2 atom stereocenters. The van der Waals surface area contributed by atoms with Gasteiger partial charge in [-0.1, -0.05) is 48.5 Å². The van der Waals surface area contributed by atoms with Gasteiger partial charge in [-0.2, -0.15) is 13.2 Å². The molecule has 1 aliphatic heterocycles. The molecular formula is C31H29F3N2O6. The number of anilines is 2. The molecule has 5 rings (SSSR count).